The summed E-state index contributed by atoms with van der Waals surface area (Å²) in [5, 5.41) is 9.43. The number of benzene rings is 2. The summed E-state index contributed by atoms with van der Waals surface area (Å²) in [4.78, 5) is 13.7. The Morgan fingerprint density at radius 1 is 0.925 bits per heavy atom. The number of hydrogen-bond donors (Lipinski definition) is 1. The molecular formula is C35H49N3O2+2. The van der Waals surface area contributed by atoms with Gasteiger partial charge in [-0.25, -0.2) is 0 Å². The number of nitrogens with zero attached hydrogens (tertiary/aromatic N) is 3. The molecule has 2 heterocycles. The van der Waals surface area contributed by atoms with Crippen molar-refractivity contribution in [3.8, 4) is 0 Å². The van der Waals surface area contributed by atoms with Crippen molar-refractivity contribution in [2.24, 2.45) is 0 Å². The number of carbonyl (C=O) groups is 1. The summed E-state index contributed by atoms with van der Waals surface area (Å²) in [7, 11) is 0. The maximum absolute atomic E-state index is 11.5. The summed E-state index contributed by atoms with van der Waals surface area (Å²) in [6, 6.07) is 17.2. The third-order valence-corrected chi connectivity index (χ3v) is 9.68. The van der Waals surface area contributed by atoms with Crippen LogP contribution in [0.25, 0.3) is 0 Å². The lowest BCUT2D eigenvalue weighted by Gasteiger charge is -2.35. The number of carboxylic acids is 1. The second-order valence-electron chi connectivity index (χ2n) is 12.4. The predicted octanol–water partition coefficient (Wildman–Crippen LogP) is 7.04. The van der Waals surface area contributed by atoms with Crippen LogP contribution in [0, 0.1) is 0 Å². The van der Waals surface area contributed by atoms with Crippen LogP contribution in [-0.4, -0.2) is 65.1 Å². The summed E-state index contributed by atoms with van der Waals surface area (Å²) < 4.78 is 3.70. The first-order chi connectivity index (χ1) is 19.0. The van der Waals surface area contributed by atoms with Gasteiger partial charge in [0, 0.05) is 41.1 Å². The van der Waals surface area contributed by atoms with E-state index in [9.17, 15) is 9.90 Å². The molecule has 214 valence electrons. The average Bonchev–Trinajstić information content (AvgIpc) is 3.29. The minimum absolute atomic E-state index is 0.102. The maximum atomic E-state index is 11.5. The number of fused-ring (bicyclic) bond motifs is 2. The molecule has 2 aliphatic rings. The molecule has 0 spiro atoms. The number of rotatable bonds is 12. The Kier molecular flexibility index (Phi) is 8.75. The van der Waals surface area contributed by atoms with Crippen LogP contribution in [0.3, 0.4) is 0 Å². The highest BCUT2D eigenvalue weighted by atomic mass is 16.4. The molecule has 40 heavy (non-hydrogen) atoms. The summed E-state index contributed by atoms with van der Waals surface area (Å²) in [5.74, 6) is -0.773. The van der Waals surface area contributed by atoms with Crippen LogP contribution >= 0.6 is 0 Å². The van der Waals surface area contributed by atoms with E-state index in [0.717, 1.165) is 28.8 Å². The monoisotopic (exact) mass is 543 g/mol. The molecule has 2 aromatic rings. The zero-order chi connectivity index (χ0) is 29.1. The summed E-state index contributed by atoms with van der Waals surface area (Å²) in [6.07, 6.45) is 7.94. The maximum Gasteiger partial charge on any atom is 0.305 e. The van der Waals surface area contributed by atoms with Crippen molar-refractivity contribution in [2.45, 2.75) is 72.1 Å². The van der Waals surface area contributed by atoms with Gasteiger partial charge in [0.15, 0.2) is 12.3 Å². The molecule has 0 saturated carbocycles. The van der Waals surface area contributed by atoms with Gasteiger partial charge in [0.1, 0.15) is 0 Å². The first kappa shape index (κ1) is 29.8. The molecule has 0 bridgehead atoms. The highest BCUT2D eigenvalue weighted by molar-refractivity contribution is 6.03. The van der Waals surface area contributed by atoms with Crippen LogP contribution < -0.4 is 4.90 Å². The van der Waals surface area contributed by atoms with Crippen LogP contribution in [0.5, 0.6) is 0 Å². The Hall–Kier alpha value is -3.18. The number of hydrogen-bond acceptors (Lipinski definition) is 2. The highest BCUT2D eigenvalue weighted by Crippen LogP contribution is 2.47. The summed E-state index contributed by atoms with van der Waals surface area (Å²) >= 11 is 0. The Morgan fingerprint density at radius 3 is 2.20 bits per heavy atom. The normalized spacial score (nSPS) is 18.6. The Morgan fingerprint density at radius 2 is 1.55 bits per heavy atom. The molecule has 0 saturated heterocycles. The van der Waals surface area contributed by atoms with Crippen LogP contribution in [0.4, 0.5) is 11.4 Å². The third-order valence-electron chi connectivity index (χ3n) is 9.68. The van der Waals surface area contributed by atoms with Gasteiger partial charge < -0.3 is 14.5 Å². The zero-order valence-corrected chi connectivity index (χ0v) is 25.7. The van der Waals surface area contributed by atoms with Crippen molar-refractivity contribution in [2.75, 3.05) is 44.2 Å². The molecule has 0 atom stereocenters. The molecule has 0 fully saturated rings. The molecule has 1 N–H and O–H groups in total. The van der Waals surface area contributed by atoms with Gasteiger partial charge in [0.2, 0.25) is 5.69 Å². The number of carboxylic acid groups (broad SMARTS) is 1. The molecule has 2 aromatic carbocycles. The lowest BCUT2D eigenvalue weighted by atomic mass is 9.81. The largest absolute Gasteiger partial charge is 0.481 e. The standard InChI is InChI=1S/C35H48N3O2/c1-8-38(9-2,10-3)26-16-24-36-29-19-13-11-17-27(29)34(4,5)31(36)21-15-22-32-35(6,7)28-18-12-14-20-30(28)37(32)25-23-33(39)40/h11-15,17-22H,8-10,16,23-26H2,1-7H3/q+1/p+1. The third kappa shape index (κ3) is 5.41. The Bertz CT molecular complexity index is 1320. The van der Waals surface area contributed by atoms with E-state index in [-0.39, 0.29) is 17.3 Å². The van der Waals surface area contributed by atoms with E-state index in [1.165, 1.54) is 48.7 Å². The molecule has 5 nitrogen and oxygen atoms in total. The predicted molar refractivity (Wildman–Crippen MR) is 167 cm³/mol. The molecule has 0 amide bonds. The van der Waals surface area contributed by atoms with Crippen molar-refractivity contribution in [1.29, 1.82) is 0 Å². The van der Waals surface area contributed by atoms with Crippen molar-refractivity contribution in [3.05, 3.63) is 83.6 Å². The van der Waals surface area contributed by atoms with Crippen molar-refractivity contribution >= 4 is 23.1 Å². The lowest BCUT2D eigenvalue weighted by Crippen LogP contribution is -2.48. The molecule has 0 aliphatic carbocycles. The van der Waals surface area contributed by atoms with Crippen molar-refractivity contribution in [1.82, 2.24) is 0 Å². The topological polar surface area (TPSA) is 43.5 Å². The fraction of sp³-hybridized carbons (Fsp3) is 0.486. The van der Waals surface area contributed by atoms with E-state index < -0.39 is 5.97 Å². The Balaban J connectivity index is 1.70. The van der Waals surface area contributed by atoms with Gasteiger partial charge in [-0.3, -0.25) is 4.79 Å². The van der Waals surface area contributed by atoms with Gasteiger partial charge in [-0.05, 0) is 52.3 Å². The molecule has 0 aromatic heterocycles. The minimum Gasteiger partial charge on any atom is -0.481 e. The second-order valence-corrected chi connectivity index (χ2v) is 12.4. The lowest BCUT2D eigenvalue weighted by molar-refractivity contribution is -0.924. The van der Waals surface area contributed by atoms with Gasteiger partial charge in [0.25, 0.3) is 0 Å². The number of quaternary nitrogens is 1. The van der Waals surface area contributed by atoms with E-state index in [1.54, 1.807) is 0 Å². The number of allylic oxidation sites excluding steroid dienone is 4. The molecule has 0 radical (unpaired) electrons. The Labute approximate surface area is 241 Å². The second kappa shape index (κ2) is 11.7. The van der Waals surface area contributed by atoms with Crippen molar-refractivity contribution in [3.63, 3.8) is 0 Å². The fourth-order valence-electron chi connectivity index (χ4n) is 6.91. The summed E-state index contributed by atoms with van der Waals surface area (Å²) in [6.45, 7) is 22.3. The van der Waals surface area contributed by atoms with Crippen LogP contribution in [-0.2, 0) is 15.6 Å². The van der Waals surface area contributed by atoms with Crippen LogP contribution in [0.15, 0.2) is 72.5 Å². The number of aliphatic carboxylic acids is 1. The zero-order valence-electron chi connectivity index (χ0n) is 25.7. The van der Waals surface area contributed by atoms with Crippen LogP contribution in [0.1, 0.15) is 72.4 Å². The SMILES string of the molecule is CC[N+](CC)(CC)CCC[N+]1=C(C=CC=C2N(CCC(=O)O)c3ccccc3C2(C)C)C(C)(C)c2ccccc21. The van der Waals surface area contributed by atoms with E-state index in [1.807, 2.05) is 6.07 Å². The highest BCUT2D eigenvalue weighted by Gasteiger charge is 2.44. The molecule has 5 heteroatoms. The van der Waals surface area contributed by atoms with Crippen molar-refractivity contribution < 1.29 is 19.0 Å². The fourth-order valence-corrected chi connectivity index (χ4v) is 6.91. The van der Waals surface area contributed by atoms with E-state index >= 15 is 0 Å². The smallest absolute Gasteiger partial charge is 0.305 e. The van der Waals surface area contributed by atoms with E-state index in [0.29, 0.717) is 6.54 Å². The molecule has 0 unspecified atom stereocenters. The van der Waals surface area contributed by atoms with E-state index in [2.05, 4.69) is 119 Å². The van der Waals surface area contributed by atoms with Gasteiger partial charge in [-0.2, -0.15) is 4.58 Å². The van der Waals surface area contributed by atoms with E-state index in [4.69, 9.17) is 0 Å². The van der Waals surface area contributed by atoms with Gasteiger partial charge in [-0.1, -0.05) is 56.3 Å². The average molecular weight is 544 g/mol. The molecular weight excluding hydrogens is 494 g/mol. The van der Waals surface area contributed by atoms with Gasteiger partial charge in [-0.15, -0.1) is 0 Å². The summed E-state index contributed by atoms with van der Waals surface area (Å²) in [5.41, 5.74) is 7.20. The molecule has 4 rings (SSSR count). The van der Waals surface area contributed by atoms with Crippen LogP contribution in [0.2, 0.25) is 0 Å². The molecule has 2 aliphatic heterocycles. The van der Waals surface area contributed by atoms with Gasteiger partial charge in [0.05, 0.1) is 44.4 Å². The number of para-hydroxylation sites is 2. The first-order valence-electron chi connectivity index (χ1n) is 15.1. The minimum atomic E-state index is -0.773. The van der Waals surface area contributed by atoms with Gasteiger partial charge >= 0.3 is 5.97 Å². The first-order valence-corrected chi connectivity index (χ1v) is 15.1. The number of anilines is 1. The quantitative estimate of drug-likeness (QED) is 0.231.